The molecule has 0 aromatic rings. The predicted octanol–water partition coefficient (Wildman–Crippen LogP) is 1.06. The topological polar surface area (TPSA) is 63.2 Å². The summed E-state index contributed by atoms with van der Waals surface area (Å²) in [5, 5.41) is 6.26. The summed E-state index contributed by atoms with van der Waals surface area (Å²) in [7, 11) is 5.80. The molecule has 2 fully saturated rings. The molecule has 0 spiro atoms. The SMILES string of the molecule is CN=C(NCCCN1CCCN(C)CC1)N1CCC(CC(=O)NC)CC1.I. The van der Waals surface area contributed by atoms with Gasteiger partial charge >= 0.3 is 0 Å². The average molecular weight is 494 g/mol. The highest BCUT2D eigenvalue weighted by Gasteiger charge is 2.23. The second kappa shape index (κ2) is 13.5. The third-order valence-corrected chi connectivity index (χ3v) is 5.63. The number of carbonyl (C=O) groups excluding carboxylic acids is 1. The van der Waals surface area contributed by atoms with Gasteiger partial charge in [-0.3, -0.25) is 9.79 Å². The molecule has 0 radical (unpaired) electrons. The van der Waals surface area contributed by atoms with Gasteiger partial charge in [0, 0.05) is 53.2 Å². The van der Waals surface area contributed by atoms with Crippen LogP contribution in [0.3, 0.4) is 0 Å². The van der Waals surface area contributed by atoms with Gasteiger partial charge < -0.3 is 25.3 Å². The highest BCUT2D eigenvalue weighted by molar-refractivity contribution is 14.0. The van der Waals surface area contributed by atoms with Crippen molar-refractivity contribution in [3.05, 3.63) is 0 Å². The summed E-state index contributed by atoms with van der Waals surface area (Å²) in [6, 6.07) is 0. The molecule has 0 aromatic carbocycles. The molecule has 0 aromatic heterocycles. The number of guanidine groups is 1. The number of carbonyl (C=O) groups is 1. The molecule has 1 amide bonds. The van der Waals surface area contributed by atoms with E-state index in [4.69, 9.17) is 0 Å². The smallest absolute Gasteiger partial charge is 0.220 e. The van der Waals surface area contributed by atoms with Crippen molar-refractivity contribution < 1.29 is 4.79 Å². The molecule has 2 saturated heterocycles. The third kappa shape index (κ3) is 8.95. The van der Waals surface area contributed by atoms with Gasteiger partial charge in [-0.15, -0.1) is 24.0 Å². The van der Waals surface area contributed by atoms with Crippen LogP contribution in [0.2, 0.25) is 0 Å². The molecule has 0 atom stereocenters. The first-order valence-electron chi connectivity index (χ1n) is 10.2. The zero-order chi connectivity index (χ0) is 18.8. The quantitative estimate of drug-likeness (QED) is 0.250. The molecule has 0 bridgehead atoms. The number of amides is 1. The second-order valence-corrected chi connectivity index (χ2v) is 7.63. The van der Waals surface area contributed by atoms with Crippen LogP contribution in [-0.4, -0.2) is 100 Å². The molecule has 2 heterocycles. The minimum atomic E-state index is 0. The molecule has 0 aliphatic carbocycles. The van der Waals surface area contributed by atoms with Crippen LogP contribution in [0.1, 0.15) is 32.1 Å². The van der Waals surface area contributed by atoms with Gasteiger partial charge in [0.05, 0.1) is 0 Å². The minimum absolute atomic E-state index is 0. The molecule has 0 unspecified atom stereocenters. The van der Waals surface area contributed by atoms with Gasteiger partial charge in [-0.2, -0.15) is 0 Å². The molecule has 158 valence electrons. The minimum Gasteiger partial charge on any atom is -0.359 e. The molecule has 2 aliphatic heterocycles. The van der Waals surface area contributed by atoms with E-state index in [0.717, 1.165) is 51.4 Å². The summed E-state index contributed by atoms with van der Waals surface area (Å²) in [6.07, 6.45) is 5.21. The fourth-order valence-electron chi connectivity index (χ4n) is 3.87. The number of aliphatic imine (C=N–C) groups is 1. The Morgan fingerprint density at radius 2 is 1.85 bits per heavy atom. The lowest BCUT2D eigenvalue weighted by Crippen LogP contribution is -2.46. The van der Waals surface area contributed by atoms with E-state index < -0.39 is 0 Å². The number of halogens is 1. The molecular weight excluding hydrogens is 455 g/mol. The lowest BCUT2D eigenvalue weighted by Gasteiger charge is -2.34. The van der Waals surface area contributed by atoms with Crippen molar-refractivity contribution in [2.24, 2.45) is 10.9 Å². The number of nitrogens with one attached hydrogen (secondary N) is 2. The monoisotopic (exact) mass is 494 g/mol. The van der Waals surface area contributed by atoms with Gasteiger partial charge in [-0.1, -0.05) is 0 Å². The van der Waals surface area contributed by atoms with Crippen molar-refractivity contribution in [2.75, 3.05) is 73.5 Å². The van der Waals surface area contributed by atoms with E-state index in [1.165, 1.54) is 32.6 Å². The Hall–Kier alpha value is -0.610. The highest BCUT2D eigenvalue weighted by atomic mass is 127. The van der Waals surface area contributed by atoms with Crippen LogP contribution in [0.5, 0.6) is 0 Å². The Balaban J connectivity index is 0.00000364. The molecule has 0 saturated carbocycles. The van der Waals surface area contributed by atoms with E-state index in [0.29, 0.717) is 12.3 Å². The van der Waals surface area contributed by atoms with Gasteiger partial charge in [-0.25, -0.2) is 0 Å². The van der Waals surface area contributed by atoms with Crippen molar-refractivity contribution in [3.63, 3.8) is 0 Å². The maximum atomic E-state index is 11.5. The number of likely N-dealkylation sites (N-methyl/N-ethyl adjacent to an activating group) is 1. The first kappa shape index (κ1) is 24.4. The number of hydrogen-bond acceptors (Lipinski definition) is 4. The van der Waals surface area contributed by atoms with Crippen LogP contribution in [0.4, 0.5) is 0 Å². The Bertz CT molecular complexity index is 453. The number of piperidine rings is 1. The fraction of sp³-hybridized carbons (Fsp3) is 0.895. The van der Waals surface area contributed by atoms with Crippen molar-refractivity contribution in [1.29, 1.82) is 0 Å². The first-order valence-corrected chi connectivity index (χ1v) is 10.2. The average Bonchev–Trinajstić information content (AvgIpc) is 2.87. The standard InChI is InChI=1S/C19H38N6O.HI/c1-20-18(26)16-17-6-12-25(13-7-17)19(21-2)22-8-4-10-24-11-5-9-23(3)14-15-24;/h17H,4-16H2,1-3H3,(H,20,26)(H,21,22);1H. The van der Waals surface area contributed by atoms with Gasteiger partial charge in [0.15, 0.2) is 5.96 Å². The van der Waals surface area contributed by atoms with Crippen molar-refractivity contribution in [3.8, 4) is 0 Å². The maximum absolute atomic E-state index is 11.5. The van der Waals surface area contributed by atoms with E-state index >= 15 is 0 Å². The van der Waals surface area contributed by atoms with Crippen LogP contribution >= 0.6 is 24.0 Å². The molecule has 2 N–H and O–H groups in total. The van der Waals surface area contributed by atoms with Crippen LogP contribution < -0.4 is 10.6 Å². The largest absolute Gasteiger partial charge is 0.359 e. The van der Waals surface area contributed by atoms with Crippen molar-refractivity contribution in [2.45, 2.75) is 32.1 Å². The first-order chi connectivity index (χ1) is 12.6. The third-order valence-electron chi connectivity index (χ3n) is 5.63. The van der Waals surface area contributed by atoms with E-state index in [9.17, 15) is 4.79 Å². The maximum Gasteiger partial charge on any atom is 0.220 e. The zero-order valence-corrected chi connectivity index (χ0v) is 19.7. The van der Waals surface area contributed by atoms with E-state index in [-0.39, 0.29) is 29.9 Å². The molecule has 27 heavy (non-hydrogen) atoms. The molecular formula is C19H39IN6O. The lowest BCUT2D eigenvalue weighted by atomic mass is 9.93. The Morgan fingerprint density at radius 1 is 1.11 bits per heavy atom. The Kier molecular flexibility index (Phi) is 12.3. The zero-order valence-electron chi connectivity index (χ0n) is 17.4. The highest BCUT2D eigenvalue weighted by Crippen LogP contribution is 2.20. The van der Waals surface area contributed by atoms with E-state index in [2.05, 4.69) is 37.4 Å². The van der Waals surface area contributed by atoms with Crippen LogP contribution in [-0.2, 0) is 4.79 Å². The molecule has 7 nitrogen and oxygen atoms in total. The number of rotatable bonds is 6. The molecule has 8 heteroatoms. The number of likely N-dealkylation sites (tertiary alicyclic amines) is 1. The summed E-state index contributed by atoms with van der Waals surface area (Å²) >= 11 is 0. The van der Waals surface area contributed by atoms with E-state index in [1.54, 1.807) is 7.05 Å². The van der Waals surface area contributed by atoms with Gasteiger partial charge in [0.1, 0.15) is 0 Å². The summed E-state index contributed by atoms with van der Waals surface area (Å²) in [5.74, 6) is 1.68. The van der Waals surface area contributed by atoms with Gasteiger partial charge in [0.25, 0.3) is 0 Å². The predicted molar refractivity (Wildman–Crippen MR) is 123 cm³/mol. The van der Waals surface area contributed by atoms with Crippen LogP contribution in [0.25, 0.3) is 0 Å². The lowest BCUT2D eigenvalue weighted by molar-refractivity contribution is -0.121. The normalized spacial score (nSPS) is 20.7. The molecule has 2 aliphatic rings. The summed E-state index contributed by atoms with van der Waals surface area (Å²) in [6.45, 7) is 8.90. The number of hydrogen-bond donors (Lipinski definition) is 2. The molecule has 2 rings (SSSR count). The Labute approximate surface area is 182 Å². The van der Waals surface area contributed by atoms with Gasteiger partial charge in [0.2, 0.25) is 5.91 Å². The van der Waals surface area contributed by atoms with E-state index in [1.807, 2.05) is 7.05 Å². The number of nitrogens with zero attached hydrogens (tertiary/aromatic N) is 4. The summed E-state index contributed by atoms with van der Waals surface area (Å²) < 4.78 is 0. The Morgan fingerprint density at radius 3 is 2.52 bits per heavy atom. The van der Waals surface area contributed by atoms with Crippen molar-refractivity contribution >= 4 is 35.8 Å². The fourth-order valence-corrected chi connectivity index (χ4v) is 3.87. The van der Waals surface area contributed by atoms with Crippen LogP contribution in [0, 0.1) is 5.92 Å². The second-order valence-electron chi connectivity index (χ2n) is 7.63. The van der Waals surface area contributed by atoms with Gasteiger partial charge in [-0.05, 0) is 58.3 Å². The summed E-state index contributed by atoms with van der Waals surface area (Å²) in [5.41, 5.74) is 0. The van der Waals surface area contributed by atoms with Crippen LogP contribution in [0.15, 0.2) is 4.99 Å². The summed E-state index contributed by atoms with van der Waals surface area (Å²) in [4.78, 5) is 23.3. The van der Waals surface area contributed by atoms with Crippen molar-refractivity contribution in [1.82, 2.24) is 25.3 Å².